The summed E-state index contributed by atoms with van der Waals surface area (Å²) in [5.74, 6) is 0. The van der Waals surface area contributed by atoms with Crippen LogP contribution in [-0.4, -0.2) is 21.0 Å². The second-order valence-electron chi connectivity index (χ2n) is 4.97. The average Bonchev–Trinajstić information content (AvgIpc) is 2.48. The Labute approximate surface area is 127 Å². The van der Waals surface area contributed by atoms with Crippen LogP contribution in [0.1, 0.15) is 12.5 Å². The summed E-state index contributed by atoms with van der Waals surface area (Å²) in [6.07, 6.45) is 5.90. The molecular weight excluding hydrogens is 280 g/mol. The molecule has 0 saturated carbocycles. The minimum atomic E-state index is 0.0918. The molecule has 106 valence electrons. The van der Waals surface area contributed by atoms with Gasteiger partial charge in [-0.15, -0.1) is 0 Å². The van der Waals surface area contributed by atoms with E-state index in [9.17, 15) is 0 Å². The summed E-state index contributed by atoms with van der Waals surface area (Å²) >= 11 is 1.53. The van der Waals surface area contributed by atoms with E-state index in [1.54, 1.807) is 18.6 Å². The maximum atomic E-state index is 5.97. The van der Waals surface area contributed by atoms with Crippen molar-refractivity contribution in [2.24, 2.45) is 5.73 Å². The van der Waals surface area contributed by atoms with Gasteiger partial charge in [-0.25, -0.2) is 9.97 Å². The molecule has 1 unspecified atom stereocenters. The van der Waals surface area contributed by atoms with Gasteiger partial charge in [0.2, 0.25) is 0 Å². The molecule has 1 aromatic carbocycles. The highest BCUT2D eigenvalue weighted by atomic mass is 32.2. The lowest BCUT2D eigenvalue weighted by Gasteiger charge is -2.11. The molecule has 3 rings (SSSR count). The molecule has 0 spiro atoms. The van der Waals surface area contributed by atoms with E-state index in [0.717, 1.165) is 32.9 Å². The van der Waals surface area contributed by atoms with Gasteiger partial charge in [0.25, 0.3) is 0 Å². The fraction of sp³-hybridized carbons (Fsp3) is 0.188. The molecule has 1 atom stereocenters. The van der Waals surface area contributed by atoms with Gasteiger partial charge in [-0.05, 0) is 42.8 Å². The van der Waals surface area contributed by atoms with Crippen LogP contribution in [0.5, 0.6) is 0 Å². The number of hydrogen-bond donors (Lipinski definition) is 1. The second kappa shape index (κ2) is 6.20. The predicted octanol–water partition coefficient (Wildman–Crippen LogP) is 3.07. The monoisotopic (exact) mass is 296 g/mol. The lowest BCUT2D eigenvalue weighted by molar-refractivity contribution is 0.724. The smallest absolute Gasteiger partial charge is 0.121 e. The third-order valence-electron chi connectivity index (χ3n) is 3.05. The van der Waals surface area contributed by atoms with Gasteiger partial charge in [-0.1, -0.05) is 18.2 Å². The zero-order chi connectivity index (χ0) is 14.7. The molecule has 4 nitrogen and oxygen atoms in total. The van der Waals surface area contributed by atoms with E-state index < -0.39 is 0 Å². The Morgan fingerprint density at radius 2 is 2.10 bits per heavy atom. The number of benzene rings is 1. The number of aromatic nitrogens is 3. The molecule has 0 saturated heterocycles. The summed E-state index contributed by atoms with van der Waals surface area (Å²) < 4.78 is 0. The topological polar surface area (TPSA) is 64.7 Å². The SMILES string of the molecule is CC(N)Cc1cc2ccccc2nc1Sc1cnccn1. The van der Waals surface area contributed by atoms with Crippen molar-refractivity contribution in [3.63, 3.8) is 0 Å². The number of nitrogens with two attached hydrogens (primary N) is 1. The largest absolute Gasteiger partial charge is 0.328 e. The fourth-order valence-corrected chi connectivity index (χ4v) is 3.00. The molecule has 0 aliphatic carbocycles. The standard InChI is InChI=1S/C16H16N4S/c1-11(17)8-13-9-12-4-2-3-5-14(12)20-16(13)21-15-10-18-6-7-19-15/h2-7,9-11H,8,17H2,1H3. The summed E-state index contributed by atoms with van der Waals surface area (Å²) in [7, 11) is 0. The normalized spacial score (nSPS) is 12.5. The van der Waals surface area contributed by atoms with Gasteiger partial charge in [-0.3, -0.25) is 4.98 Å². The molecule has 0 aliphatic rings. The van der Waals surface area contributed by atoms with Crippen molar-refractivity contribution < 1.29 is 0 Å². The van der Waals surface area contributed by atoms with Gasteiger partial charge in [0.05, 0.1) is 11.7 Å². The minimum absolute atomic E-state index is 0.0918. The lowest BCUT2D eigenvalue weighted by atomic mass is 10.1. The summed E-state index contributed by atoms with van der Waals surface area (Å²) in [4.78, 5) is 13.2. The first-order valence-electron chi connectivity index (χ1n) is 6.80. The predicted molar refractivity (Wildman–Crippen MR) is 85.3 cm³/mol. The lowest BCUT2D eigenvalue weighted by Crippen LogP contribution is -2.18. The Hall–Kier alpha value is -1.98. The summed E-state index contributed by atoms with van der Waals surface area (Å²) in [5.41, 5.74) is 8.10. The van der Waals surface area contributed by atoms with Gasteiger partial charge < -0.3 is 5.73 Å². The second-order valence-corrected chi connectivity index (χ2v) is 5.98. The van der Waals surface area contributed by atoms with Crippen LogP contribution in [0.15, 0.2) is 59.0 Å². The highest BCUT2D eigenvalue weighted by Gasteiger charge is 2.11. The van der Waals surface area contributed by atoms with Crippen LogP contribution in [0, 0.1) is 0 Å². The van der Waals surface area contributed by atoms with Gasteiger partial charge in [0.1, 0.15) is 10.1 Å². The van der Waals surface area contributed by atoms with Crippen LogP contribution in [0.4, 0.5) is 0 Å². The molecule has 3 aromatic rings. The minimum Gasteiger partial charge on any atom is -0.328 e. The first kappa shape index (κ1) is 14.0. The molecule has 2 N–H and O–H groups in total. The van der Waals surface area contributed by atoms with Crippen molar-refractivity contribution in [2.45, 2.75) is 29.4 Å². The number of fused-ring (bicyclic) bond motifs is 1. The van der Waals surface area contributed by atoms with E-state index >= 15 is 0 Å². The number of para-hydroxylation sites is 1. The van der Waals surface area contributed by atoms with Crippen LogP contribution < -0.4 is 5.73 Å². The number of hydrogen-bond acceptors (Lipinski definition) is 5. The Balaban J connectivity index is 2.05. The zero-order valence-electron chi connectivity index (χ0n) is 11.7. The highest BCUT2D eigenvalue weighted by Crippen LogP contribution is 2.30. The van der Waals surface area contributed by atoms with Crippen LogP contribution >= 0.6 is 11.8 Å². The molecular formula is C16H16N4S. The van der Waals surface area contributed by atoms with Crippen molar-refractivity contribution in [2.75, 3.05) is 0 Å². The van der Waals surface area contributed by atoms with Gasteiger partial charge >= 0.3 is 0 Å². The maximum Gasteiger partial charge on any atom is 0.121 e. The van der Waals surface area contributed by atoms with E-state index in [-0.39, 0.29) is 6.04 Å². The van der Waals surface area contributed by atoms with Crippen LogP contribution in [0.25, 0.3) is 10.9 Å². The summed E-state index contributed by atoms with van der Waals surface area (Å²) in [6.45, 7) is 2.01. The third kappa shape index (κ3) is 3.37. The Morgan fingerprint density at radius 1 is 1.24 bits per heavy atom. The van der Waals surface area contributed by atoms with Crippen LogP contribution in [0.2, 0.25) is 0 Å². The Kier molecular flexibility index (Phi) is 4.13. The maximum absolute atomic E-state index is 5.97. The summed E-state index contributed by atoms with van der Waals surface area (Å²) in [6, 6.07) is 10.4. The molecule has 21 heavy (non-hydrogen) atoms. The summed E-state index contributed by atoms with van der Waals surface area (Å²) in [5, 5.41) is 2.93. The van der Waals surface area contributed by atoms with Crippen molar-refractivity contribution in [3.8, 4) is 0 Å². The third-order valence-corrected chi connectivity index (χ3v) is 4.01. The Bertz CT molecular complexity index is 744. The number of rotatable bonds is 4. The molecule has 0 amide bonds. The van der Waals surface area contributed by atoms with E-state index in [1.807, 2.05) is 25.1 Å². The number of pyridine rings is 1. The quantitative estimate of drug-likeness (QED) is 0.801. The molecule has 0 fully saturated rings. The van der Waals surface area contributed by atoms with E-state index in [0.29, 0.717) is 0 Å². The molecule has 0 aliphatic heterocycles. The van der Waals surface area contributed by atoms with Crippen LogP contribution in [0.3, 0.4) is 0 Å². The first-order chi connectivity index (χ1) is 10.2. The van der Waals surface area contributed by atoms with Crippen molar-refractivity contribution in [1.82, 2.24) is 15.0 Å². The van der Waals surface area contributed by atoms with Gasteiger partial charge in [0, 0.05) is 23.8 Å². The van der Waals surface area contributed by atoms with Crippen molar-refractivity contribution in [3.05, 3.63) is 54.5 Å². The van der Waals surface area contributed by atoms with Gasteiger partial charge in [-0.2, -0.15) is 0 Å². The molecule has 0 bridgehead atoms. The Morgan fingerprint density at radius 3 is 2.86 bits per heavy atom. The van der Waals surface area contributed by atoms with E-state index in [2.05, 4.69) is 22.1 Å². The van der Waals surface area contributed by atoms with E-state index in [1.165, 1.54) is 11.8 Å². The molecule has 2 heterocycles. The van der Waals surface area contributed by atoms with Crippen molar-refractivity contribution >= 4 is 22.7 Å². The number of nitrogens with zero attached hydrogens (tertiary/aromatic N) is 3. The van der Waals surface area contributed by atoms with Crippen molar-refractivity contribution in [1.29, 1.82) is 0 Å². The zero-order valence-corrected chi connectivity index (χ0v) is 12.5. The average molecular weight is 296 g/mol. The van der Waals surface area contributed by atoms with Crippen LogP contribution in [-0.2, 0) is 6.42 Å². The fourth-order valence-electron chi connectivity index (χ4n) is 2.16. The van der Waals surface area contributed by atoms with Gasteiger partial charge in [0.15, 0.2) is 0 Å². The first-order valence-corrected chi connectivity index (χ1v) is 7.62. The molecule has 5 heteroatoms. The molecule has 0 radical (unpaired) electrons. The highest BCUT2D eigenvalue weighted by molar-refractivity contribution is 7.99. The van der Waals surface area contributed by atoms with E-state index in [4.69, 9.17) is 10.7 Å². The molecule has 2 aromatic heterocycles.